The molecule has 1 saturated carbocycles. The van der Waals surface area contributed by atoms with Crippen LogP contribution in [0.25, 0.3) is 0 Å². The Balaban J connectivity index is 2.20. The molecule has 1 aliphatic carbocycles. The third-order valence-corrected chi connectivity index (χ3v) is 4.35. The number of hydrogen-bond acceptors (Lipinski definition) is 5. The third kappa shape index (κ3) is 2.71. The number of aromatic nitrogens is 1. The number of nitrogens with one attached hydrogen (secondary N) is 1. The van der Waals surface area contributed by atoms with E-state index in [1.165, 1.54) is 12.3 Å². The summed E-state index contributed by atoms with van der Waals surface area (Å²) in [7, 11) is 1.62. The first kappa shape index (κ1) is 15.7. The molecule has 21 heavy (non-hydrogen) atoms. The molecule has 1 aliphatic rings. The Kier molecular flexibility index (Phi) is 4.15. The van der Waals surface area contributed by atoms with Crippen LogP contribution in [0.1, 0.15) is 30.6 Å². The third-order valence-electron chi connectivity index (χ3n) is 4.07. The molecular formula is C13H16ClN3O4. The standard InChI is InChI=1S/C13H16ClN3O4/c1-13(2)8(6-9(13)21-3)16-12(18)7-4-5-15-11(14)10(7)17(19)20/h4-5,8-9H,6H2,1-3H3,(H,16,18). The highest BCUT2D eigenvalue weighted by atomic mass is 35.5. The van der Waals surface area contributed by atoms with Crippen LogP contribution < -0.4 is 5.32 Å². The van der Waals surface area contributed by atoms with E-state index in [1.54, 1.807) is 7.11 Å². The smallest absolute Gasteiger partial charge is 0.319 e. The highest BCUT2D eigenvalue weighted by Crippen LogP contribution is 2.42. The van der Waals surface area contributed by atoms with Gasteiger partial charge in [0, 0.05) is 24.8 Å². The number of halogens is 1. The fraction of sp³-hybridized carbons (Fsp3) is 0.538. The van der Waals surface area contributed by atoms with Crippen LogP contribution in [0.5, 0.6) is 0 Å². The topological polar surface area (TPSA) is 94.4 Å². The van der Waals surface area contributed by atoms with Crippen LogP contribution in [0.2, 0.25) is 5.15 Å². The Morgan fingerprint density at radius 1 is 1.62 bits per heavy atom. The molecule has 0 aliphatic heterocycles. The zero-order valence-corrected chi connectivity index (χ0v) is 12.7. The molecule has 1 N–H and O–H groups in total. The average Bonchev–Trinajstić information content (AvgIpc) is 2.41. The van der Waals surface area contributed by atoms with E-state index in [2.05, 4.69) is 10.3 Å². The summed E-state index contributed by atoms with van der Waals surface area (Å²) in [5.74, 6) is -0.529. The molecule has 1 fully saturated rings. The fourth-order valence-corrected chi connectivity index (χ4v) is 2.78. The predicted molar refractivity (Wildman–Crippen MR) is 76.4 cm³/mol. The van der Waals surface area contributed by atoms with Crippen molar-refractivity contribution in [3.8, 4) is 0 Å². The maximum Gasteiger partial charge on any atom is 0.319 e. The number of ether oxygens (including phenoxy) is 1. The van der Waals surface area contributed by atoms with Gasteiger partial charge >= 0.3 is 5.69 Å². The molecule has 2 unspecified atom stereocenters. The largest absolute Gasteiger partial charge is 0.381 e. The number of amides is 1. The molecule has 8 heteroatoms. The Morgan fingerprint density at radius 3 is 2.81 bits per heavy atom. The summed E-state index contributed by atoms with van der Waals surface area (Å²) < 4.78 is 5.31. The SMILES string of the molecule is COC1CC(NC(=O)c2ccnc(Cl)c2[N+](=O)[O-])C1(C)C. The van der Waals surface area contributed by atoms with Crippen molar-refractivity contribution in [2.75, 3.05) is 7.11 Å². The zero-order chi connectivity index (χ0) is 15.8. The monoisotopic (exact) mass is 313 g/mol. The first-order valence-corrected chi connectivity index (χ1v) is 6.79. The van der Waals surface area contributed by atoms with Crippen LogP contribution in [0.15, 0.2) is 12.3 Å². The molecule has 0 spiro atoms. The molecule has 114 valence electrons. The summed E-state index contributed by atoms with van der Waals surface area (Å²) in [6.07, 6.45) is 1.99. The molecule has 2 atom stereocenters. The summed E-state index contributed by atoms with van der Waals surface area (Å²) in [4.78, 5) is 26.2. The lowest BCUT2D eigenvalue weighted by atomic mass is 9.64. The first-order chi connectivity index (χ1) is 9.78. The normalized spacial score (nSPS) is 23.2. The van der Waals surface area contributed by atoms with E-state index in [0.29, 0.717) is 6.42 Å². The van der Waals surface area contributed by atoms with Crippen molar-refractivity contribution in [3.63, 3.8) is 0 Å². The minimum Gasteiger partial charge on any atom is -0.381 e. The fourth-order valence-electron chi connectivity index (χ4n) is 2.55. The van der Waals surface area contributed by atoms with E-state index in [1.807, 2.05) is 13.8 Å². The lowest BCUT2D eigenvalue weighted by Gasteiger charge is -2.51. The molecule has 1 amide bonds. The highest BCUT2D eigenvalue weighted by Gasteiger charge is 2.49. The second kappa shape index (κ2) is 5.57. The van der Waals surface area contributed by atoms with Crippen molar-refractivity contribution in [3.05, 3.63) is 33.1 Å². The van der Waals surface area contributed by atoms with Crippen molar-refractivity contribution in [2.45, 2.75) is 32.4 Å². The Morgan fingerprint density at radius 2 is 2.29 bits per heavy atom. The van der Waals surface area contributed by atoms with Crippen LogP contribution in [0, 0.1) is 15.5 Å². The molecular weight excluding hydrogens is 298 g/mol. The number of carbonyl (C=O) groups is 1. The number of rotatable bonds is 4. The van der Waals surface area contributed by atoms with Crippen molar-refractivity contribution in [1.29, 1.82) is 0 Å². The average molecular weight is 314 g/mol. The molecule has 0 bridgehead atoms. The Bertz CT molecular complexity index is 591. The summed E-state index contributed by atoms with van der Waals surface area (Å²) in [6, 6.07) is 1.18. The molecule has 1 aromatic rings. The maximum atomic E-state index is 12.3. The van der Waals surface area contributed by atoms with Crippen LogP contribution in [0.4, 0.5) is 5.69 Å². The number of hydrogen-bond donors (Lipinski definition) is 1. The van der Waals surface area contributed by atoms with Gasteiger partial charge in [0.05, 0.1) is 11.0 Å². The van der Waals surface area contributed by atoms with Crippen LogP contribution in [0.3, 0.4) is 0 Å². The summed E-state index contributed by atoms with van der Waals surface area (Å²) in [6.45, 7) is 3.95. The van der Waals surface area contributed by atoms with Gasteiger partial charge in [-0.05, 0) is 12.5 Å². The highest BCUT2D eigenvalue weighted by molar-refractivity contribution is 6.32. The number of nitrogens with zero attached hydrogens (tertiary/aromatic N) is 2. The van der Waals surface area contributed by atoms with Crippen molar-refractivity contribution >= 4 is 23.2 Å². The Labute approximate surface area is 126 Å². The minimum atomic E-state index is -0.700. The van der Waals surface area contributed by atoms with Crippen molar-refractivity contribution in [2.24, 2.45) is 5.41 Å². The predicted octanol–water partition coefficient (Wildman–Crippen LogP) is 2.19. The molecule has 2 rings (SSSR count). The van der Waals surface area contributed by atoms with Gasteiger partial charge in [0.1, 0.15) is 5.56 Å². The second-order valence-electron chi connectivity index (χ2n) is 5.56. The summed E-state index contributed by atoms with van der Waals surface area (Å²) in [5, 5.41) is 13.5. The van der Waals surface area contributed by atoms with Crippen LogP contribution in [-0.2, 0) is 4.74 Å². The van der Waals surface area contributed by atoms with Gasteiger partial charge in [-0.15, -0.1) is 0 Å². The molecule has 1 aromatic heterocycles. The number of carbonyl (C=O) groups excluding carboxylic acids is 1. The van der Waals surface area contributed by atoms with E-state index in [9.17, 15) is 14.9 Å². The van der Waals surface area contributed by atoms with Crippen molar-refractivity contribution in [1.82, 2.24) is 10.3 Å². The zero-order valence-electron chi connectivity index (χ0n) is 11.9. The van der Waals surface area contributed by atoms with Crippen molar-refractivity contribution < 1.29 is 14.5 Å². The van der Waals surface area contributed by atoms with E-state index in [4.69, 9.17) is 16.3 Å². The van der Waals surface area contributed by atoms with E-state index < -0.39 is 16.5 Å². The van der Waals surface area contributed by atoms with Gasteiger partial charge in [-0.25, -0.2) is 4.98 Å². The van der Waals surface area contributed by atoms with Crippen LogP contribution in [-0.4, -0.2) is 35.1 Å². The van der Waals surface area contributed by atoms with Gasteiger partial charge in [0.25, 0.3) is 5.91 Å². The Hall–Kier alpha value is -1.73. The summed E-state index contributed by atoms with van der Waals surface area (Å²) >= 11 is 5.70. The van der Waals surface area contributed by atoms with Crippen LogP contribution >= 0.6 is 11.6 Å². The minimum absolute atomic E-state index is 0.0545. The molecule has 0 radical (unpaired) electrons. The van der Waals surface area contributed by atoms with E-state index in [-0.39, 0.29) is 28.3 Å². The second-order valence-corrected chi connectivity index (χ2v) is 5.92. The van der Waals surface area contributed by atoms with E-state index in [0.717, 1.165) is 0 Å². The molecule has 1 heterocycles. The summed E-state index contributed by atoms with van der Waals surface area (Å²) in [5.41, 5.74) is -0.788. The maximum absolute atomic E-state index is 12.3. The van der Waals surface area contributed by atoms with Gasteiger partial charge in [0.15, 0.2) is 0 Å². The van der Waals surface area contributed by atoms with Gasteiger partial charge in [0.2, 0.25) is 5.15 Å². The molecule has 0 saturated heterocycles. The number of methoxy groups -OCH3 is 1. The van der Waals surface area contributed by atoms with E-state index >= 15 is 0 Å². The quantitative estimate of drug-likeness (QED) is 0.522. The first-order valence-electron chi connectivity index (χ1n) is 6.41. The molecule has 7 nitrogen and oxygen atoms in total. The van der Waals surface area contributed by atoms with Gasteiger partial charge < -0.3 is 10.1 Å². The molecule has 0 aromatic carbocycles. The lowest BCUT2D eigenvalue weighted by molar-refractivity contribution is -0.385. The lowest BCUT2D eigenvalue weighted by Crippen LogP contribution is -2.61. The van der Waals surface area contributed by atoms with Gasteiger partial charge in [-0.2, -0.15) is 0 Å². The van der Waals surface area contributed by atoms with Gasteiger partial charge in [-0.1, -0.05) is 25.4 Å². The van der Waals surface area contributed by atoms with Gasteiger partial charge in [-0.3, -0.25) is 14.9 Å². The number of pyridine rings is 1. The number of nitro groups is 1.